The van der Waals surface area contributed by atoms with E-state index in [2.05, 4.69) is 27.3 Å². The minimum absolute atomic E-state index is 0.150. The molecule has 1 unspecified atom stereocenters. The maximum absolute atomic E-state index is 11.7. The van der Waals surface area contributed by atoms with Crippen LogP contribution in [0.1, 0.15) is 22.8 Å². The van der Waals surface area contributed by atoms with Gasteiger partial charge in [0.2, 0.25) is 0 Å². The molecule has 16 heavy (non-hydrogen) atoms. The molecule has 1 amide bonds. The molecule has 1 aromatic carbocycles. The lowest BCUT2D eigenvalue weighted by Crippen LogP contribution is -2.27. The zero-order valence-electron chi connectivity index (χ0n) is 9.25. The van der Waals surface area contributed by atoms with E-state index in [9.17, 15) is 4.79 Å². The van der Waals surface area contributed by atoms with E-state index in [1.54, 1.807) is 19.1 Å². The van der Waals surface area contributed by atoms with Crippen molar-refractivity contribution in [1.29, 1.82) is 5.26 Å². The van der Waals surface area contributed by atoms with Crippen molar-refractivity contribution in [3.8, 4) is 6.07 Å². The Balaban J connectivity index is 2.67. The Morgan fingerprint density at radius 1 is 1.62 bits per heavy atom. The molecule has 0 spiro atoms. The van der Waals surface area contributed by atoms with Gasteiger partial charge < -0.3 is 5.32 Å². The summed E-state index contributed by atoms with van der Waals surface area (Å²) < 4.78 is 0.911. The summed E-state index contributed by atoms with van der Waals surface area (Å²) in [5.74, 6) is -0.319. The predicted molar refractivity (Wildman–Crippen MR) is 66.0 cm³/mol. The Morgan fingerprint density at radius 2 is 2.31 bits per heavy atom. The Bertz CT molecular complexity index is 437. The van der Waals surface area contributed by atoms with Crippen LogP contribution in [0.15, 0.2) is 22.7 Å². The minimum Gasteiger partial charge on any atom is -0.351 e. The van der Waals surface area contributed by atoms with Gasteiger partial charge in [-0.25, -0.2) is 0 Å². The second-order valence-electron chi connectivity index (χ2n) is 3.70. The Labute approximate surface area is 104 Å². The van der Waals surface area contributed by atoms with E-state index in [4.69, 9.17) is 5.26 Å². The third kappa shape index (κ3) is 3.35. The maximum atomic E-state index is 11.7. The van der Waals surface area contributed by atoms with Gasteiger partial charge in [-0.3, -0.25) is 4.79 Å². The molecule has 0 heterocycles. The Kier molecular flexibility index (Phi) is 4.51. The highest BCUT2D eigenvalue weighted by atomic mass is 79.9. The highest BCUT2D eigenvalue weighted by Crippen LogP contribution is 2.17. The normalized spacial score (nSPS) is 11.6. The lowest BCUT2D eigenvalue weighted by Gasteiger charge is -2.07. The number of hydrogen-bond donors (Lipinski definition) is 1. The van der Waals surface area contributed by atoms with E-state index >= 15 is 0 Å². The van der Waals surface area contributed by atoms with Crippen LogP contribution in [0.2, 0.25) is 0 Å². The molecule has 84 valence electrons. The van der Waals surface area contributed by atoms with Crippen LogP contribution >= 0.6 is 15.9 Å². The van der Waals surface area contributed by atoms with Crippen LogP contribution in [0.3, 0.4) is 0 Å². The molecule has 1 aromatic rings. The van der Waals surface area contributed by atoms with E-state index in [-0.39, 0.29) is 11.8 Å². The quantitative estimate of drug-likeness (QED) is 0.926. The van der Waals surface area contributed by atoms with Crippen molar-refractivity contribution in [3.05, 3.63) is 33.8 Å². The molecule has 4 heteroatoms. The third-order valence-corrected chi connectivity index (χ3v) is 3.08. The summed E-state index contributed by atoms with van der Waals surface area (Å²) in [4.78, 5) is 11.7. The van der Waals surface area contributed by atoms with Crippen LogP contribution in [0, 0.1) is 24.2 Å². The standard InChI is InChI=1S/C12H13BrN2O/c1-8(6-14)7-15-12(16)10-4-3-9(2)11(13)5-10/h3-5,8H,7H2,1-2H3,(H,15,16). The fourth-order valence-corrected chi connectivity index (χ4v) is 1.51. The number of nitrogens with one attached hydrogen (secondary N) is 1. The molecule has 0 aromatic heterocycles. The van der Waals surface area contributed by atoms with E-state index in [0.717, 1.165) is 10.0 Å². The van der Waals surface area contributed by atoms with Crippen LogP contribution in [-0.4, -0.2) is 12.5 Å². The van der Waals surface area contributed by atoms with Gasteiger partial charge in [-0.1, -0.05) is 22.0 Å². The lowest BCUT2D eigenvalue weighted by molar-refractivity contribution is 0.0950. The number of hydrogen-bond acceptors (Lipinski definition) is 2. The number of rotatable bonds is 3. The minimum atomic E-state index is -0.169. The molecular formula is C12H13BrN2O. The molecule has 0 aliphatic carbocycles. The summed E-state index contributed by atoms with van der Waals surface area (Å²) in [5, 5.41) is 11.3. The number of aryl methyl sites for hydroxylation is 1. The van der Waals surface area contributed by atoms with Crippen molar-refractivity contribution in [2.45, 2.75) is 13.8 Å². The molecule has 0 bridgehead atoms. The number of carbonyl (C=O) groups is 1. The number of halogens is 1. The average molecular weight is 281 g/mol. The molecule has 3 nitrogen and oxygen atoms in total. The molecule has 1 N–H and O–H groups in total. The number of amides is 1. The first-order valence-electron chi connectivity index (χ1n) is 4.98. The summed E-state index contributed by atoms with van der Waals surface area (Å²) in [6.45, 7) is 4.11. The SMILES string of the molecule is Cc1ccc(C(=O)NCC(C)C#N)cc1Br. The third-order valence-electron chi connectivity index (χ3n) is 2.22. The summed E-state index contributed by atoms with van der Waals surface area (Å²) in [6, 6.07) is 7.50. The van der Waals surface area contributed by atoms with Crippen LogP contribution in [0.25, 0.3) is 0 Å². The summed E-state index contributed by atoms with van der Waals surface area (Å²) in [5.41, 5.74) is 1.68. The van der Waals surface area contributed by atoms with E-state index < -0.39 is 0 Å². The monoisotopic (exact) mass is 280 g/mol. The largest absolute Gasteiger partial charge is 0.351 e. The first kappa shape index (κ1) is 12.7. The molecule has 1 rings (SSSR count). The van der Waals surface area contributed by atoms with Crippen molar-refractivity contribution < 1.29 is 4.79 Å². The fraction of sp³-hybridized carbons (Fsp3) is 0.333. The number of nitriles is 1. The average Bonchev–Trinajstić information content (AvgIpc) is 2.29. The first-order valence-corrected chi connectivity index (χ1v) is 5.78. The smallest absolute Gasteiger partial charge is 0.251 e. The first-order chi connectivity index (χ1) is 7.54. The van der Waals surface area contributed by atoms with Gasteiger partial charge >= 0.3 is 0 Å². The van der Waals surface area contributed by atoms with Gasteiger partial charge in [-0.05, 0) is 31.5 Å². The molecule has 0 aliphatic heterocycles. The molecule has 0 saturated carbocycles. The molecule has 0 saturated heterocycles. The lowest BCUT2D eigenvalue weighted by atomic mass is 10.1. The van der Waals surface area contributed by atoms with E-state index in [0.29, 0.717) is 12.1 Å². The van der Waals surface area contributed by atoms with E-state index in [1.807, 2.05) is 13.0 Å². The van der Waals surface area contributed by atoms with Crippen LogP contribution in [-0.2, 0) is 0 Å². The van der Waals surface area contributed by atoms with Gasteiger partial charge in [0.05, 0.1) is 12.0 Å². The maximum Gasteiger partial charge on any atom is 0.251 e. The highest BCUT2D eigenvalue weighted by Gasteiger charge is 2.08. The Hall–Kier alpha value is -1.34. The molecule has 0 fully saturated rings. The van der Waals surface area contributed by atoms with Crippen LogP contribution in [0.5, 0.6) is 0 Å². The number of benzene rings is 1. The van der Waals surface area contributed by atoms with Crippen LogP contribution in [0.4, 0.5) is 0 Å². The zero-order chi connectivity index (χ0) is 12.1. The second kappa shape index (κ2) is 5.66. The van der Waals surface area contributed by atoms with Gasteiger partial charge in [-0.2, -0.15) is 5.26 Å². The predicted octanol–water partition coefficient (Wildman–Crippen LogP) is 2.65. The zero-order valence-corrected chi connectivity index (χ0v) is 10.8. The fourth-order valence-electron chi connectivity index (χ4n) is 1.13. The number of carbonyl (C=O) groups excluding carboxylic acids is 1. The van der Waals surface area contributed by atoms with Crippen molar-refractivity contribution >= 4 is 21.8 Å². The van der Waals surface area contributed by atoms with Crippen LogP contribution < -0.4 is 5.32 Å². The van der Waals surface area contributed by atoms with Crippen molar-refractivity contribution in [3.63, 3.8) is 0 Å². The highest BCUT2D eigenvalue weighted by molar-refractivity contribution is 9.10. The van der Waals surface area contributed by atoms with Gasteiger partial charge in [0.25, 0.3) is 5.91 Å². The topological polar surface area (TPSA) is 52.9 Å². The van der Waals surface area contributed by atoms with Gasteiger partial charge in [0.15, 0.2) is 0 Å². The number of nitrogens with zero attached hydrogens (tertiary/aromatic N) is 1. The van der Waals surface area contributed by atoms with Gasteiger partial charge in [-0.15, -0.1) is 0 Å². The Morgan fingerprint density at radius 3 is 2.88 bits per heavy atom. The van der Waals surface area contributed by atoms with Crippen molar-refractivity contribution in [1.82, 2.24) is 5.32 Å². The molecular weight excluding hydrogens is 268 g/mol. The molecule has 1 atom stereocenters. The second-order valence-corrected chi connectivity index (χ2v) is 4.56. The molecule has 0 aliphatic rings. The van der Waals surface area contributed by atoms with Crippen molar-refractivity contribution in [2.24, 2.45) is 5.92 Å². The van der Waals surface area contributed by atoms with Crippen molar-refractivity contribution in [2.75, 3.05) is 6.54 Å². The summed E-state index contributed by atoms with van der Waals surface area (Å²) >= 11 is 3.38. The van der Waals surface area contributed by atoms with Gasteiger partial charge in [0, 0.05) is 16.6 Å². The summed E-state index contributed by atoms with van der Waals surface area (Å²) in [6.07, 6.45) is 0. The van der Waals surface area contributed by atoms with Gasteiger partial charge in [0.1, 0.15) is 0 Å². The molecule has 0 radical (unpaired) electrons. The summed E-state index contributed by atoms with van der Waals surface area (Å²) in [7, 11) is 0. The van der Waals surface area contributed by atoms with E-state index in [1.165, 1.54) is 0 Å².